The van der Waals surface area contributed by atoms with Crippen LogP contribution in [-0.2, 0) is 30.4 Å². The van der Waals surface area contributed by atoms with Crippen molar-refractivity contribution in [3.63, 3.8) is 0 Å². The summed E-state index contributed by atoms with van der Waals surface area (Å²) < 4.78 is 15.9. The van der Waals surface area contributed by atoms with E-state index in [0.29, 0.717) is 33.7 Å². The molecule has 0 saturated carbocycles. The van der Waals surface area contributed by atoms with Gasteiger partial charge in [0.25, 0.3) is 0 Å². The molecule has 0 amide bonds. The monoisotopic (exact) mass is 827 g/mol. The van der Waals surface area contributed by atoms with Gasteiger partial charge in [0.15, 0.2) is 5.88 Å². The topological polar surface area (TPSA) is 112 Å². The van der Waals surface area contributed by atoms with Crippen molar-refractivity contribution >= 4 is 11.3 Å². The summed E-state index contributed by atoms with van der Waals surface area (Å²) >= 11 is 1.69. The SMILES string of the molecule is C=C1NCC(CC(C)(C)C)O1.CC.CC.CC(C)(C)Cc1cccnc1.CC(C)(C)Cc1ccco1.Cc1nnc(CC(C)(C)C)o1.Cc1nnc(CC(C)(C)C)s1. The Labute approximate surface area is 360 Å². The lowest BCUT2D eigenvalue weighted by atomic mass is 9.89. The molecule has 0 aromatic carbocycles. The molecule has 1 aliphatic rings. The Bertz CT molecular complexity index is 1520. The number of aromatic nitrogens is 5. The van der Waals surface area contributed by atoms with Gasteiger partial charge in [-0.15, -0.1) is 31.7 Å². The fourth-order valence-corrected chi connectivity index (χ4v) is 6.09. The number of nitrogens with zero attached hydrogens (tertiary/aromatic N) is 5. The second-order valence-electron chi connectivity index (χ2n) is 20.1. The summed E-state index contributed by atoms with van der Waals surface area (Å²) in [6.45, 7) is 49.5. The quantitative estimate of drug-likeness (QED) is 0.210. The first kappa shape index (κ1) is 56.6. The van der Waals surface area contributed by atoms with Gasteiger partial charge in [0.2, 0.25) is 11.8 Å². The Morgan fingerprint density at radius 2 is 1.26 bits per heavy atom. The van der Waals surface area contributed by atoms with Crippen LogP contribution in [0.2, 0.25) is 0 Å². The third kappa shape index (κ3) is 34.5. The molecule has 1 unspecified atom stereocenters. The average Bonchev–Trinajstić information content (AvgIpc) is 3.89. The van der Waals surface area contributed by atoms with Crippen LogP contribution in [0.3, 0.4) is 0 Å². The summed E-state index contributed by atoms with van der Waals surface area (Å²) in [5, 5.41) is 21.0. The molecular weight excluding hydrogens is 741 g/mol. The normalized spacial score (nSPS) is 13.7. The molecule has 5 heterocycles. The number of hydrogen-bond donors (Lipinski definition) is 1. The number of pyridine rings is 1. The van der Waals surface area contributed by atoms with Crippen LogP contribution in [0.15, 0.2) is 64.2 Å². The summed E-state index contributed by atoms with van der Waals surface area (Å²) in [7, 11) is 0. The van der Waals surface area contributed by atoms with Gasteiger partial charge in [-0.2, -0.15) is 0 Å². The minimum Gasteiger partial charge on any atom is -0.475 e. The minimum atomic E-state index is 0.221. The fraction of sp³-hybridized carbons (Fsp3) is 0.688. The number of ether oxygens (including phenoxy) is 1. The van der Waals surface area contributed by atoms with Gasteiger partial charge in [0.1, 0.15) is 21.9 Å². The Balaban J connectivity index is 0. The van der Waals surface area contributed by atoms with Crippen molar-refractivity contribution in [1.82, 2.24) is 30.7 Å². The molecule has 5 rings (SSSR count). The van der Waals surface area contributed by atoms with E-state index in [1.165, 1.54) is 5.56 Å². The summed E-state index contributed by atoms with van der Waals surface area (Å²) in [5.41, 5.74) is 2.91. The van der Waals surface area contributed by atoms with Gasteiger partial charge in [0, 0.05) is 38.6 Å². The van der Waals surface area contributed by atoms with Crippen molar-refractivity contribution in [2.45, 2.75) is 184 Å². The van der Waals surface area contributed by atoms with E-state index in [-0.39, 0.29) is 5.41 Å². The van der Waals surface area contributed by atoms with Crippen molar-refractivity contribution in [3.8, 4) is 0 Å². The molecule has 0 bridgehead atoms. The molecule has 0 aliphatic carbocycles. The van der Waals surface area contributed by atoms with E-state index in [4.69, 9.17) is 13.6 Å². The molecule has 4 aromatic heterocycles. The molecule has 1 fully saturated rings. The van der Waals surface area contributed by atoms with Crippen LogP contribution >= 0.6 is 11.3 Å². The van der Waals surface area contributed by atoms with E-state index < -0.39 is 0 Å². The third-order valence-corrected chi connectivity index (χ3v) is 7.76. The smallest absolute Gasteiger partial charge is 0.217 e. The number of rotatable bonds is 5. The largest absolute Gasteiger partial charge is 0.475 e. The first-order valence-electron chi connectivity index (χ1n) is 21.2. The molecule has 9 nitrogen and oxygen atoms in total. The number of hydrogen-bond acceptors (Lipinski definition) is 10. The predicted molar refractivity (Wildman–Crippen MR) is 248 cm³/mol. The lowest BCUT2D eigenvalue weighted by molar-refractivity contribution is 0.122. The molecular formula is C48H86N6O3S. The number of aryl methyl sites for hydroxylation is 2. The molecule has 1 atom stereocenters. The maximum absolute atomic E-state index is 5.43. The maximum atomic E-state index is 5.43. The van der Waals surface area contributed by atoms with Crippen LogP contribution in [0, 0.1) is 40.9 Å². The van der Waals surface area contributed by atoms with Gasteiger partial charge < -0.3 is 18.9 Å². The van der Waals surface area contributed by atoms with Crippen LogP contribution in [0.1, 0.15) is 171 Å². The zero-order chi connectivity index (χ0) is 45.4. The Morgan fingerprint density at radius 3 is 1.62 bits per heavy atom. The summed E-state index contributed by atoms with van der Waals surface area (Å²) in [6.07, 6.45) is 10.9. The van der Waals surface area contributed by atoms with Crippen LogP contribution in [0.25, 0.3) is 0 Å². The van der Waals surface area contributed by atoms with Crippen molar-refractivity contribution in [3.05, 3.63) is 88.5 Å². The second-order valence-corrected chi connectivity index (χ2v) is 21.4. The predicted octanol–water partition coefficient (Wildman–Crippen LogP) is 13.9. The van der Waals surface area contributed by atoms with Crippen LogP contribution in [-0.4, -0.2) is 38.0 Å². The van der Waals surface area contributed by atoms with Gasteiger partial charge >= 0.3 is 0 Å². The van der Waals surface area contributed by atoms with Crippen molar-refractivity contribution < 1.29 is 13.6 Å². The molecule has 1 saturated heterocycles. The molecule has 0 spiro atoms. The molecule has 332 valence electrons. The molecule has 58 heavy (non-hydrogen) atoms. The highest BCUT2D eigenvalue weighted by Gasteiger charge is 2.24. The van der Waals surface area contributed by atoms with Gasteiger partial charge in [-0.1, -0.05) is 138 Å². The summed E-state index contributed by atoms with van der Waals surface area (Å²) in [4.78, 5) is 4.07. The van der Waals surface area contributed by atoms with E-state index in [1.807, 2.05) is 65.2 Å². The zero-order valence-corrected chi connectivity index (χ0v) is 41.8. The maximum Gasteiger partial charge on any atom is 0.217 e. The standard InChI is InChI=1S/C10H15N.C9H17NO.C9H14O.C8H14N2O.C8H14N2S.2C2H6/c1-10(2,3)7-9-5-4-6-11-8-9;1-7-10-6-8(11-7)5-9(2,3)4;1-9(2,3)7-8-5-4-6-10-8;2*1-6-9-10-7(11-6)5-8(2,3)4;2*1-2/h4-6,8H,7H2,1-3H3;8,10H,1,5-6H2,2-4H3;4-6H,7H2,1-3H3;2*5H2,1-4H3;2*1-2H3. The van der Waals surface area contributed by atoms with Crippen LogP contribution < -0.4 is 5.32 Å². The average molecular weight is 827 g/mol. The number of furan rings is 1. The molecule has 1 N–H and O–H groups in total. The van der Waals surface area contributed by atoms with E-state index in [0.717, 1.165) is 66.2 Å². The van der Waals surface area contributed by atoms with Gasteiger partial charge in [-0.05, 0) is 77.2 Å². The second kappa shape index (κ2) is 27.3. The minimum absolute atomic E-state index is 0.221. The Morgan fingerprint density at radius 1 is 0.690 bits per heavy atom. The van der Waals surface area contributed by atoms with Crippen molar-refractivity contribution in [2.24, 2.45) is 27.1 Å². The van der Waals surface area contributed by atoms with E-state index in [9.17, 15) is 0 Å². The zero-order valence-electron chi connectivity index (χ0n) is 40.9. The highest BCUT2D eigenvalue weighted by atomic mass is 32.1. The van der Waals surface area contributed by atoms with E-state index in [2.05, 4.69) is 147 Å². The first-order chi connectivity index (χ1) is 26.6. The van der Waals surface area contributed by atoms with Gasteiger partial charge in [-0.3, -0.25) is 4.98 Å². The third-order valence-electron chi connectivity index (χ3n) is 6.92. The number of nitrogens with one attached hydrogen (secondary N) is 1. The molecule has 4 aromatic rings. The van der Waals surface area contributed by atoms with E-state index >= 15 is 0 Å². The summed E-state index contributed by atoms with van der Waals surface area (Å²) in [5.74, 6) is 3.17. The van der Waals surface area contributed by atoms with E-state index in [1.54, 1.807) is 24.5 Å². The van der Waals surface area contributed by atoms with Crippen LogP contribution in [0.4, 0.5) is 0 Å². The highest BCUT2D eigenvalue weighted by molar-refractivity contribution is 7.11. The Hall–Kier alpha value is -3.53. The van der Waals surface area contributed by atoms with Gasteiger partial charge in [0.05, 0.1) is 12.8 Å². The lowest BCUT2D eigenvalue weighted by Crippen LogP contribution is -2.21. The van der Waals surface area contributed by atoms with Crippen molar-refractivity contribution in [2.75, 3.05) is 6.54 Å². The van der Waals surface area contributed by atoms with Gasteiger partial charge in [-0.25, -0.2) is 0 Å². The molecule has 1 aliphatic heterocycles. The van der Waals surface area contributed by atoms with Crippen LogP contribution in [0.5, 0.6) is 0 Å². The first-order valence-corrected chi connectivity index (χ1v) is 22.0. The highest BCUT2D eigenvalue weighted by Crippen LogP contribution is 2.25. The lowest BCUT2D eigenvalue weighted by Gasteiger charge is -2.21. The molecule has 0 radical (unpaired) electrons. The fourth-order valence-electron chi connectivity index (χ4n) is 5.09. The van der Waals surface area contributed by atoms with Crippen molar-refractivity contribution in [1.29, 1.82) is 0 Å². The summed E-state index contributed by atoms with van der Waals surface area (Å²) in [6, 6.07) is 8.06. The molecule has 10 heteroatoms. The Kier molecular flexibility index (Phi) is 26.6.